The molecule has 2 N–H and O–H groups in total. The van der Waals surface area contributed by atoms with E-state index in [2.05, 4.69) is 19.2 Å². The van der Waals surface area contributed by atoms with Crippen LogP contribution in [0.3, 0.4) is 0 Å². The predicted octanol–water partition coefficient (Wildman–Crippen LogP) is 4.49. The molecule has 0 amide bonds. The maximum atomic E-state index is 9.65. The van der Waals surface area contributed by atoms with Gasteiger partial charge < -0.3 is 15.2 Å². The number of aromatic hydroxyl groups is 1. The fourth-order valence-electron chi connectivity index (χ4n) is 2.33. The zero-order valence-corrected chi connectivity index (χ0v) is 13.8. The topological polar surface area (TPSA) is 41.5 Å². The molecule has 0 saturated carbocycles. The van der Waals surface area contributed by atoms with Gasteiger partial charge in [-0.05, 0) is 43.5 Å². The molecule has 0 bridgehead atoms. The summed E-state index contributed by atoms with van der Waals surface area (Å²) in [4.78, 5) is 0. The number of nitrogens with one attached hydrogen (secondary N) is 1. The summed E-state index contributed by atoms with van der Waals surface area (Å²) in [5, 5.41) is 13.1. The van der Waals surface area contributed by atoms with Crippen LogP contribution in [0.4, 0.5) is 0 Å². The average molecular weight is 293 g/mol. The van der Waals surface area contributed by atoms with E-state index in [0.29, 0.717) is 12.4 Å². The molecule has 120 valence electrons. The zero-order chi connectivity index (χ0) is 15.5. The molecule has 0 aliphatic heterocycles. The SMILES string of the molecule is CCOc1cc(CNCCCCCCC(C)C)ccc1O. The van der Waals surface area contributed by atoms with Crippen LogP contribution < -0.4 is 10.1 Å². The second-order valence-corrected chi connectivity index (χ2v) is 6.01. The van der Waals surface area contributed by atoms with Crippen LogP contribution in [0.15, 0.2) is 18.2 Å². The normalized spacial score (nSPS) is 11.0. The van der Waals surface area contributed by atoms with E-state index in [9.17, 15) is 5.11 Å². The Bertz CT molecular complexity index is 391. The fraction of sp³-hybridized carbons (Fsp3) is 0.667. The number of hydrogen-bond acceptors (Lipinski definition) is 3. The van der Waals surface area contributed by atoms with Crippen molar-refractivity contribution in [2.75, 3.05) is 13.2 Å². The second-order valence-electron chi connectivity index (χ2n) is 6.01. The maximum Gasteiger partial charge on any atom is 0.161 e. The van der Waals surface area contributed by atoms with E-state index in [1.807, 2.05) is 19.1 Å². The Balaban J connectivity index is 2.14. The van der Waals surface area contributed by atoms with Gasteiger partial charge in [0.05, 0.1) is 6.61 Å². The smallest absolute Gasteiger partial charge is 0.161 e. The van der Waals surface area contributed by atoms with Crippen molar-refractivity contribution in [3.63, 3.8) is 0 Å². The van der Waals surface area contributed by atoms with E-state index >= 15 is 0 Å². The molecule has 1 aromatic rings. The molecule has 21 heavy (non-hydrogen) atoms. The molecule has 0 unspecified atom stereocenters. The highest BCUT2D eigenvalue weighted by atomic mass is 16.5. The summed E-state index contributed by atoms with van der Waals surface area (Å²) in [6, 6.07) is 5.55. The molecule has 0 saturated heterocycles. The van der Waals surface area contributed by atoms with Crippen LogP contribution in [-0.2, 0) is 6.54 Å². The van der Waals surface area contributed by atoms with Crippen molar-refractivity contribution in [2.24, 2.45) is 5.92 Å². The van der Waals surface area contributed by atoms with Crippen molar-refractivity contribution >= 4 is 0 Å². The van der Waals surface area contributed by atoms with Gasteiger partial charge in [-0.2, -0.15) is 0 Å². The van der Waals surface area contributed by atoms with E-state index in [1.165, 1.54) is 32.1 Å². The van der Waals surface area contributed by atoms with Gasteiger partial charge >= 0.3 is 0 Å². The second kappa shape index (κ2) is 10.5. The standard InChI is InChI=1S/C18H31NO2/c1-4-21-18-13-16(10-11-17(18)20)14-19-12-8-6-5-7-9-15(2)3/h10-11,13,15,19-20H,4-9,12,14H2,1-3H3. The first kappa shape index (κ1) is 17.8. The van der Waals surface area contributed by atoms with Crippen LogP contribution in [0.5, 0.6) is 11.5 Å². The number of phenolic OH excluding ortho intramolecular Hbond substituents is 1. The van der Waals surface area contributed by atoms with Crippen LogP contribution in [-0.4, -0.2) is 18.3 Å². The summed E-state index contributed by atoms with van der Waals surface area (Å²) in [6.07, 6.45) is 6.58. The lowest BCUT2D eigenvalue weighted by Gasteiger charge is -2.09. The summed E-state index contributed by atoms with van der Waals surface area (Å²) < 4.78 is 5.39. The Hall–Kier alpha value is -1.22. The van der Waals surface area contributed by atoms with E-state index in [-0.39, 0.29) is 5.75 Å². The van der Waals surface area contributed by atoms with Gasteiger partial charge in [-0.25, -0.2) is 0 Å². The summed E-state index contributed by atoms with van der Waals surface area (Å²) >= 11 is 0. The number of ether oxygens (including phenoxy) is 1. The lowest BCUT2D eigenvalue weighted by atomic mass is 10.0. The molecule has 0 spiro atoms. The van der Waals surface area contributed by atoms with Crippen molar-refractivity contribution in [2.45, 2.75) is 59.4 Å². The van der Waals surface area contributed by atoms with Crippen LogP contribution >= 0.6 is 0 Å². The Morgan fingerprint density at radius 2 is 1.90 bits per heavy atom. The van der Waals surface area contributed by atoms with Crippen molar-refractivity contribution in [3.8, 4) is 11.5 Å². The first-order chi connectivity index (χ1) is 10.1. The van der Waals surface area contributed by atoms with E-state index < -0.39 is 0 Å². The highest BCUT2D eigenvalue weighted by molar-refractivity contribution is 5.41. The summed E-state index contributed by atoms with van der Waals surface area (Å²) in [5.41, 5.74) is 1.15. The van der Waals surface area contributed by atoms with Gasteiger partial charge in [0.15, 0.2) is 11.5 Å². The van der Waals surface area contributed by atoms with Crippen molar-refractivity contribution in [1.29, 1.82) is 0 Å². The minimum atomic E-state index is 0.214. The monoisotopic (exact) mass is 293 g/mol. The fourth-order valence-corrected chi connectivity index (χ4v) is 2.33. The highest BCUT2D eigenvalue weighted by Crippen LogP contribution is 2.26. The lowest BCUT2D eigenvalue weighted by molar-refractivity contribution is 0.317. The van der Waals surface area contributed by atoms with E-state index in [1.54, 1.807) is 6.07 Å². The quantitative estimate of drug-likeness (QED) is 0.591. The van der Waals surface area contributed by atoms with Gasteiger partial charge in [-0.3, -0.25) is 0 Å². The van der Waals surface area contributed by atoms with Gasteiger partial charge in [-0.15, -0.1) is 0 Å². The van der Waals surface area contributed by atoms with Gasteiger partial charge in [0, 0.05) is 6.54 Å². The maximum absolute atomic E-state index is 9.65. The Morgan fingerprint density at radius 3 is 2.62 bits per heavy atom. The molecule has 0 heterocycles. The van der Waals surface area contributed by atoms with Crippen molar-refractivity contribution < 1.29 is 9.84 Å². The first-order valence-corrected chi connectivity index (χ1v) is 8.29. The Labute approximate surface area is 129 Å². The van der Waals surface area contributed by atoms with Crippen molar-refractivity contribution in [1.82, 2.24) is 5.32 Å². The van der Waals surface area contributed by atoms with Gasteiger partial charge in [0.1, 0.15) is 0 Å². The Morgan fingerprint density at radius 1 is 1.14 bits per heavy atom. The van der Waals surface area contributed by atoms with Crippen LogP contribution in [0, 0.1) is 5.92 Å². The molecule has 1 aromatic carbocycles. The minimum absolute atomic E-state index is 0.214. The largest absolute Gasteiger partial charge is 0.504 e. The van der Waals surface area contributed by atoms with E-state index in [0.717, 1.165) is 24.6 Å². The molecular formula is C18H31NO2. The zero-order valence-electron chi connectivity index (χ0n) is 13.8. The molecule has 0 aliphatic carbocycles. The first-order valence-electron chi connectivity index (χ1n) is 8.29. The number of rotatable bonds is 11. The van der Waals surface area contributed by atoms with Gasteiger partial charge in [0.2, 0.25) is 0 Å². The number of unbranched alkanes of at least 4 members (excludes halogenated alkanes) is 3. The molecule has 3 nitrogen and oxygen atoms in total. The molecule has 3 heteroatoms. The van der Waals surface area contributed by atoms with Gasteiger partial charge in [-0.1, -0.05) is 45.6 Å². The highest BCUT2D eigenvalue weighted by Gasteiger charge is 2.03. The molecule has 0 atom stereocenters. The molecule has 0 fully saturated rings. The molecule has 0 aromatic heterocycles. The molecule has 1 rings (SSSR count). The van der Waals surface area contributed by atoms with Crippen LogP contribution in [0.1, 0.15) is 58.4 Å². The third-order valence-corrected chi connectivity index (χ3v) is 3.54. The number of hydrogen-bond donors (Lipinski definition) is 2. The third kappa shape index (κ3) is 7.96. The summed E-state index contributed by atoms with van der Waals surface area (Å²) in [5.74, 6) is 1.62. The van der Waals surface area contributed by atoms with Gasteiger partial charge in [0.25, 0.3) is 0 Å². The lowest BCUT2D eigenvalue weighted by Crippen LogP contribution is -2.14. The molecular weight excluding hydrogens is 262 g/mol. The average Bonchev–Trinajstić information content (AvgIpc) is 2.45. The van der Waals surface area contributed by atoms with Crippen LogP contribution in [0.25, 0.3) is 0 Å². The minimum Gasteiger partial charge on any atom is -0.504 e. The number of phenols is 1. The summed E-state index contributed by atoms with van der Waals surface area (Å²) in [6.45, 7) is 8.94. The van der Waals surface area contributed by atoms with Crippen molar-refractivity contribution in [3.05, 3.63) is 23.8 Å². The third-order valence-electron chi connectivity index (χ3n) is 3.54. The molecule has 0 aliphatic rings. The Kier molecular flexibility index (Phi) is 8.91. The summed E-state index contributed by atoms with van der Waals surface area (Å²) in [7, 11) is 0. The van der Waals surface area contributed by atoms with Crippen LogP contribution in [0.2, 0.25) is 0 Å². The molecule has 0 radical (unpaired) electrons. The predicted molar refractivity (Wildman–Crippen MR) is 88.9 cm³/mol. The number of benzene rings is 1. The van der Waals surface area contributed by atoms with E-state index in [4.69, 9.17) is 4.74 Å².